The van der Waals surface area contributed by atoms with Crippen LogP contribution < -0.4 is 5.32 Å². The number of aromatic amines is 1. The Balaban J connectivity index is 1.39. The largest absolute Gasteiger partial charge is 0.348 e. The van der Waals surface area contributed by atoms with Crippen LogP contribution in [0.5, 0.6) is 0 Å². The van der Waals surface area contributed by atoms with E-state index < -0.39 is 0 Å². The van der Waals surface area contributed by atoms with E-state index in [9.17, 15) is 4.79 Å². The lowest BCUT2D eigenvalue weighted by Gasteiger charge is -1.98. The van der Waals surface area contributed by atoms with Gasteiger partial charge in [0.15, 0.2) is 5.82 Å². The minimum Gasteiger partial charge on any atom is -0.348 e. The molecule has 0 aliphatic carbocycles. The zero-order valence-corrected chi connectivity index (χ0v) is 15.2. The van der Waals surface area contributed by atoms with Gasteiger partial charge >= 0.3 is 0 Å². The lowest BCUT2D eigenvalue weighted by molar-refractivity contribution is 0.0945. The predicted octanol–water partition coefficient (Wildman–Crippen LogP) is 2.67. The topological polar surface area (TPSA) is 88.5 Å². The number of aryl methyl sites for hydroxylation is 1. The van der Waals surface area contributed by atoms with E-state index in [4.69, 9.17) is 11.6 Å². The van der Waals surface area contributed by atoms with E-state index in [1.165, 1.54) is 0 Å². The van der Waals surface area contributed by atoms with Gasteiger partial charge in [-0.05, 0) is 12.1 Å². The Labute approximate surface area is 159 Å². The molecular formula is C19H15ClN6O. The summed E-state index contributed by atoms with van der Waals surface area (Å²) in [6.45, 7) is 0.410. The van der Waals surface area contributed by atoms with Crippen LogP contribution in [0.4, 0.5) is 0 Å². The maximum Gasteiger partial charge on any atom is 0.287 e. The van der Waals surface area contributed by atoms with Gasteiger partial charge in [-0.15, -0.1) is 0 Å². The molecule has 134 valence electrons. The molecule has 0 radical (unpaired) electrons. The molecule has 7 nitrogen and oxygen atoms in total. The molecule has 4 rings (SSSR count). The van der Waals surface area contributed by atoms with Crippen molar-refractivity contribution in [3.8, 4) is 11.8 Å². The number of imidazole rings is 1. The van der Waals surface area contributed by atoms with Crippen LogP contribution in [0.2, 0.25) is 5.02 Å². The third kappa shape index (κ3) is 3.48. The third-order valence-electron chi connectivity index (χ3n) is 3.99. The number of hydrogen-bond donors (Lipinski definition) is 2. The number of halogens is 1. The Morgan fingerprint density at radius 3 is 3.11 bits per heavy atom. The van der Waals surface area contributed by atoms with E-state index in [1.807, 2.05) is 19.3 Å². The minimum absolute atomic E-state index is 0.232. The number of carbonyl (C=O) groups excluding carboxylic acids is 1. The van der Waals surface area contributed by atoms with E-state index in [0.29, 0.717) is 23.5 Å². The van der Waals surface area contributed by atoms with Crippen LogP contribution in [0, 0.1) is 11.8 Å². The van der Waals surface area contributed by atoms with Crippen LogP contribution in [-0.4, -0.2) is 37.2 Å². The number of pyridine rings is 1. The van der Waals surface area contributed by atoms with E-state index in [1.54, 1.807) is 29.2 Å². The van der Waals surface area contributed by atoms with Crippen LogP contribution in [0.3, 0.4) is 0 Å². The standard InChI is InChI=1S/C19H15ClN6O/c1-26-11-13-12(9-21-10-16(13)25-26)5-2-3-8-22-19(27)18-23-15-7-4-6-14(20)17(15)24-18/h4,6-7,9-11H,3,8H2,1H3,(H,22,27)(H,23,24). The van der Waals surface area contributed by atoms with Gasteiger partial charge in [0.2, 0.25) is 0 Å². The lowest BCUT2D eigenvalue weighted by Crippen LogP contribution is -2.25. The fraction of sp³-hybridized carbons (Fsp3) is 0.158. The van der Waals surface area contributed by atoms with Crippen molar-refractivity contribution in [3.63, 3.8) is 0 Å². The number of nitrogens with one attached hydrogen (secondary N) is 2. The fourth-order valence-corrected chi connectivity index (χ4v) is 2.96. The van der Waals surface area contributed by atoms with Gasteiger partial charge in [-0.25, -0.2) is 4.98 Å². The van der Waals surface area contributed by atoms with Gasteiger partial charge in [0.1, 0.15) is 11.0 Å². The molecule has 0 saturated carbocycles. The van der Waals surface area contributed by atoms with Crippen LogP contribution in [0.1, 0.15) is 22.6 Å². The highest BCUT2D eigenvalue weighted by Gasteiger charge is 2.12. The number of aromatic nitrogens is 5. The molecule has 8 heteroatoms. The summed E-state index contributed by atoms with van der Waals surface area (Å²) in [5, 5.41) is 8.57. The van der Waals surface area contributed by atoms with E-state index in [2.05, 4.69) is 37.2 Å². The molecule has 0 aliphatic heterocycles. The number of hydrogen-bond acceptors (Lipinski definition) is 4. The SMILES string of the molecule is Cn1cc2c(C#CCCNC(=O)c3nc4c(Cl)cccc4[nH]3)cncc2n1. The number of para-hydroxylation sites is 1. The number of amides is 1. The highest BCUT2D eigenvalue weighted by Crippen LogP contribution is 2.20. The minimum atomic E-state index is -0.292. The van der Waals surface area contributed by atoms with E-state index in [-0.39, 0.29) is 11.7 Å². The predicted molar refractivity (Wildman–Crippen MR) is 103 cm³/mol. The average molecular weight is 379 g/mol. The number of rotatable bonds is 3. The molecule has 0 unspecified atom stereocenters. The molecule has 2 N–H and O–H groups in total. The highest BCUT2D eigenvalue weighted by molar-refractivity contribution is 6.35. The number of benzene rings is 1. The van der Waals surface area contributed by atoms with Crippen LogP contribution in [0.15, 0.2) is 36.8 Å². The molecule has 0 spiro atoms. The number of nitrogens with zero attached hydrogens (tertiary/aromatic N) is 4. The first kappa shape index (κ1) is 17.1. The second-order valence-electron chi connectivity index (χ2n) is 5.95. The normalized spacial score (nSPS) is 10.7. The molecule has 3 heterocycles. The van der Waals surface area contributed by atoms with Gasteiger partial charge in [-0.2, -0.15) is 5.10 Å². The first-order valence-electron chi connectivity index (χ1n) is 8.30. The van der Waals surface area contributed by atoms with Gasteiger partial charge in [0, 0.05) is 37.8 Å². The summed E-state index contributed by atoms with van der Waals surface area (Å²) in [4.78, 5) is 23.6. The van der Waals surface area contributed by atoms with Crippen LogP contribution in [-0.2, 0) is 7.05 Å². The lowest BCUT2D eigenvalue weighted by atomic mass is 10.2. The van der Waals surface area contributed by atoms with Crippen molar-refractivity contribution >= 4 is 39.4 Å². The quantitative estimate of drug-likeness (QED) is 0.423. The fourth-order valence-electron chi connectivity index (χ4n) is 2.74. The van der Waals surface area contributed by atoms with Crippen LogP contribution >= 0.6 is 11.6 Å². The van der Waals surface area contributed by atoms with E-state index >= 15 is 0 Å². The Morgan fingerprint density at radius 1 is 1.37 bits per heavy atom. The zero-order valence-electron chi connectivity index (χ0n) is 14.5. The summed E-state index contributed by atoms with van der Waals surface area (Å²) in [5.74, 6) is 6.08. The average Bonchev–Trinajstić information content (AvgIpc) is 3.25. The molecule has 27 heavy (non-hydrogen) atoms. The summed E-state index contributed by atoms with van der Waals surface area (Å²) in [6, 6.07) is 5.36. The molecule has 0 fully saturated rings. The van der Waals surface area contributed by atoms with Gasteiger partial charge in [0.05, 0.1) is 22.3 Å². The van der Waals surface area contributed by atoms with Crippen LogP contribution in [0.25, 0.3) is 21.9 Å². The van der Waals surface area contributed by atoms with Crippen molar-refractivity contribution in [1.29, 1.82) is 0 Å². The highest BCUT2D eigenvalue weighted by atomic mass is 35.5. The maximum absolute atomic E-state index is 12.2. The Bertz CT molecular complexity index is 1210. The summed E-state index contributed by atoms with van der Waals surface area (Å²) < 4.78 is 1.73. The molecular weight excluding hydrogens is 364 g/mol. The number of H-pyrrole nitrogens is 1. The van der Waals surface area contributed by atoms with Gasteiger partial charge in [0.25, 0.3) is 5.91 Å². The molecule has 0 saturated heterocycles. The molecule has 0 bridgehead atoms. The molecule has 0 aliphatic rings. The monoisotopic (exact) mass is 378 g/mol. The Hall–Kier alpha value is -3.37. The number of carbonyl (C=O) groups is 1. The first-order valence-corrected chi connectivity index (χ1v) is 8.68. The molecule has 4 aromatic rings. The van der Waals surface area contributed by atoms with Crippen molar-refractivity contribution in [1.82, 2.24) is 30.0 Å². The zero-order chi connectivity index (χ0) is 18.8. The second-order valence-corrected chi connectivity index (χ2v) is 6.36. The van der Waals surface area contributed by atoms with E-state index in [0.717, 1.165) is 22.0 Å². The maximum atomic E-state index is 12.2. The van der Waals surface area contributed by atoms with Crippen molar-refractivity contribution in [2.75, 3.05) is 6.54 Å². The van der Waals surface area contributed by atoms with Gasteiger partial charge in [-0.1, -0.05) is 29.5 Å². The van der Waals surface area contributed by atoms with Crippen molar-refractivity contribution < 1.29 is 4.79 Å². The Kier molecular flexibility index (Phi) is 4.48. The molecule has 0 atom stereocenters. The van der Waals surface area contributed by atoms with Crippen molar-refractivity contribution in [2.45, 2.75) is 6.42 Å². The molecule has 3 aromatic heterocycles. The molecule has 1 aromatic carbocycles. The van der Waals surface area contributed by atoms with Crippen molar-refractivity contribution in [2.24, 2.45) is 7.05 Å². The Morgan fingerprint density at radius 2 is 2.26 bits per heavy atom. The first-order chi connectivity index (χ1) is 13.1. The summed E-state index contributed by atoms with van der Waals surface area (Å²) in [6.07, 6.45) is 5.84. The molecule has 1 amide bonds. The van der Waals surface area contributed by atoms with Crippen molar-refractivity contribution in [3.05, 3.63) is 53.2 Å². The summed E-state index contributed by atoms with van der Waals surface area (Å²) in [5.41, 5.74) is 2.94. The summed E-state index contributed by atoms with van der Waals surface area (Å²) in [7, 11) is 1.86. The summed E-state index contributed by atoms with van der Waals surface area (Å²) >= 11 is 6.08. The van der Waals surface area contributed by atoms with Gasteiger partial charge < -0.3 is 10.3 Å². The second kappa shape index (κ2) is 7.09. The third-order valence-corrected chi connectivity index (χ3v) is 4.29. The van der Waals surface area contributed by atoms with Gasteiger partial charge in [-0.3, -0.25) is 14.5 Å². The smallest absolute Gasteiger partial charge is 0.287 e. The number of fused-ring (bicyclic) bond motifs is 2.